The highest BCUT2D eigenvalue weighted by Gasteiger charge is 2.51. The first-order valence-electron chi connectivity index (χ1n) is 11.7. The maximum atomic E-state index is 11.6. The second kappa shape index (κ2) is 18.4. The van der Waals surface area contributed by atoms with Crippen LogP contribution in [0.25, 0.3) is 0 Å². The van der Waals surface area contributed by atoms with Gasteiger partial charge < -0.3 is 17.0 Å². The van der Waals surface area contributed by atoms with E-state index in [4.69, 9.17) is 5.73 Å². The van der Waals surface area contributed by atoms with Crippen molar-refractivity contribution < 1.29 is 27.7 Å². The maximum absolute atomic E-state index is 11.6. The number of primary amides is 1. The van der Waals surface area contributed by atoms with Crippen molar-refractivity contribution in [3.8, 4) is 0 Å². The van der Waals surface area contributed by atoms with Crippen LogP contribution >= 0.6 is 0 Å². The van der Waals surface area contributed by atoms with Gasteiger partial charge in [-0.2, -0.15) is 8.42 Å². The molecule has 0 saturated carbocycles. The van der Waals surface area contributed by atoms with E-state index < -0.39 is 33.2 Å². The Hall–Kier alpha value is -1.19. The molecule has 0 saturated heterocycles. The van der Waals surface area contributed by atoms with E-state index in [1.54, 1.807) is 0 Å². The van der Waals surface area contributed by atoms with Crippen molar-refractivity contribution in [1.82, 2.24) is 6.15 Å². The molecule has 0 spiro atoms. The average molecular weight is 467 g/mol. The van der Waals surface area contributed by atoms with Gasteiger partial charge in [-0.25, -0.2) is 0 Å². The molecule has 8 nitrogen and oxygen atoms in total. The monoisotopic (exact) mass is 466 g/mol. The Morgan fingerprint density at radius 2 is 1.06 bits per heavy atom. The van der Waals surface area contributed by atoms with Crippen molar-refractivity contribution in [2.45, 2.75) is 127 Å². The van der Waals surface area contributed by atoms with Gasteiger partial charge in [0.2, 0.25) is 10.7 Å². The molecular weight excluding hydrogens is 420 g/mol. The van der Waals surface area contributed by atoms with E-state index >= 15 is 0 Å². The molecule has 0 aromatic heterocycles. The molecule has 1 amide bonds. The Bertz CT molecular complexity index is 583. The summed E-state index contributed by atoms with van der Waals surface area (Å²) in [6, 6.07) is 0. The summed E-state index contributed by atoms with van der Waals surface area (Å²) in [5, 5.41) is 9.29. The lowest BCUT2D eigenvalue weighted by Gasteiger charge is -2.24. The second-order valence-electron chi connectivity index (χ2n) is 8.47. The predicted octanol–water partition coefficient (Wildman–Crippen LogP) is 5.39. The molecule has 0 aliphatic rings. The third-order valence-electron chi connectivity index (χ3n) is 5.78. The largest absolute Gasteiger partial charge is 0.480 e. The molecule has 0 fully saturated rings. The van der Waals surface area contributed by atoms with E-state index in [9.17, 15) is 27.7 Å². The SMILES string of the molecule is CCCCCCCCCCCCCCCCCCC(CC(N)=O)(C(=O)O)S(=O)(=O)O.N. The van der Waals surface area contributed by atoms with Crippen LogP contribution in [-0.4, -0.2) is 34.7 Å². The highest BCUT2D eigenvalue weighted by molar-refractivity contribution is 7.88. The third kappa shape index (κ3) is 14.5. The molecule has 186 valence electrons. The minimum atomic E-state index is -4.94. The van der Waals surface area contributed by atoms with Crippen LogP contribution < -0.4 is 11.9 Å². The molecule has 7 N–H and O–H groups in total. The van der Waals surface area contributed by atoms with Gasteiger partial charge in [-0.05, 0) is 6.42 Å². The van der Waals surface area contributed by atoms with E-state index in [0.717, 1.165) is 19.3 Å². The lowest BCUT2D eigenvalue weighted by molar-refractivity contribution is -0.142. The number of unbranched alkanes of at least 4 members (excludes halogenated alkanes) is 15. The van der Waals surface area contributed by atoms with Gasteiger partial charge in [-0.1, -0.05) is 110 Å². The minimum absolute atomic E-state index is 0. The highest BCUT2D eigenvalue weighted by Crippen LogP contribution is 2.29. The van der Waals surface area contributed by atoms with Crippen LogP contribution in [0.2, 0.25) is 0 Å². The van der Waals surface area contributed by atoms with E-state index in [1.807, 2.05) is 0 Å². The van der Waals surface area contributed by atoms with Crippen molar-refractivity contribution in [2.24, 2.45) is 5.73 Å². The topological polar surface area (TPSA) is 170 Å². The van der Waals surface area contributed by atoms with Gasteiger partial charge in [0.15, 0.2) is 0 Å². The fraction of sp³-hybridized carbons (Fsp3) is 0.909. The van der Waals surface area contributed by atoms with E-state index in [0.29, 0.717) is 12.8 Å². The summed E-state index contributed by atoms with van der Waals surface area (Å²) in [6.45, 7) is 2.24. The van der Waals surface area contributed by atoms with Gasteiger partial charge in [0.05, 0.1) is 6.42 Å². The molecule has 0 aromatic carbocycles. The molecule has 9 heteroatoms. The molecule has 0 heterocycles. The first kappa shape index (κ1) is 32.0. The molecule has 0 rings (SSSR count). The van der Waals surface area contributed by atoms with Gasteiger partial charge in [0.1, 0.15) is 0 Å². The summed E-state index contributed by atoms with van der Waals surface area (Å²) >= 11 is 0. The zero-order valence-electron chi connectivity index (χ0n) is 19.4. The number of carbonyl (C=O) groups excluding carboxylic acids is 1. The number of carboxylic acid groups (broad SMARTS) is 1. The Kier molecular flexibility index (Phi) is 19.0. The molecule has 1 atom stereocenters. The average Bonchev–Trinajstić information content (AvgIpc) is 2.65. The van der Waals surface area contributed by atoms with Gasteiger partial charge in [-0.15, -0.1) is 0 Å². The molecular formula is C22H46N2O6S. The Balaban J connectivity index is 0. The van der Waals surface area contributed by atoms with Crippen molar-refractivity contribution >= 4 is 22.0 Å². The quantitative estimate of drug-likeness (QED) is 0.130. The number of nitrogens with two attached hydrogens (primary N) is 1. The number of carbonyl (C=O) groups is 2. The Labute approximate surface area is 189 Å². The van der Waals surface area contributed by atoms with Gasteiger partial charge in [-0.3, -0.25) is 14.1 Å². The normalized spacial score (nSPS) is 13.4. The number of amides is 1. The summed E-state index contributed by atoms with van der Waals surface area (Å²) in [6.07, 6.45) is 17.1. The van der Waals surface area contributed by atoms with Crippen LogP contribution in [0.3, 0.4) is 0 Å². The number of hydrogen-bond donors (Lipinski definition) is 4. The number of hydrogen-bond acceptors (Lipinski definition) is 5. The van der Waals surface area contributed by atoms with Crippen molar-refractivity contribution in [3.63, 3.8) is 0 Å². The first-order chi connectivity index (χ1) is 14.2. The van der Waals surface area contributed by atoms with Crippen LogP contribution in [0.15, 0.2) is 0 Å². The zero-order chi connectivity index (χ0) is 22.9. The molecule has 0 bridgehead atoms. The van der Waals surface area contributed by atoms with Crippen LogP contribution in [0.5, 0.6) is 0 Å². The number of rotatable bonds is 21. The smallest absolute Gasteiger partial charge is 0.328 e. The van der Waals surface area contributed by atoms with Crippen LogP contribution in [0.4, 0.5) is 0 Å². The summed E-state index contributed by atoms with van der Waals surface area (Å²) in [7, 11) is -4.94. The second-order valence-corrected chi connectivity index (χ2v) is 10.2. The fourth-order valence-corrected chi connectivity index (χ4v) is 4.79. The third-order valence-corrected chi connectivity index (χ3v) is 7.29. The van der Waals surface area contributed by atoms with Crippen LogP contribution in [0, 0.1) is 0 Å². The molecule has 0 aliphatic carbocycles. The minimum Gasteiger partial charge on any atom is -0.480 e. The first-order valence-corrected chi connectivity index (χ1v) is 13.1. The number of carboxylic acids is 1. The van der Waals surface area contributed by atoms with Crippen LogP contribution in [-0.2, 0) is 19.7 Å². The molecule has 0 aliphatic heterocycles. The maximum Gasteiger partial charge on any atom is 0.328 e. The van der Waals surface area contributed by atoms with Crippen molar-refractivity contribution in [1.29, 1.82) is 0 Å². The van der Waals surface area contributed by atoms with Gasteiger partial charge >= 0.3 is 5.97 Å². The summed E-state index contributed by atoms with van der Waals surface area (Å²) in [5.41, 5.74) is 5.00. The molecule has 1 unspecified atom stereocenters. The Morgan fingerprint density at radius 3 is 1.32 bits per heavy atom. The zero-order valence-corrected chi connectivity index (χ0v) is 20.3. The highest BCUT2D eigenvalue weighted by atomic mass is 32.2. The number of aliphatic carboxylic acids is 1. The fourth-order valence-electron chi connectivity index (χ4n) is 3.84. The van der Waals surface area contributed by atoms with Crippen LogP contribution in [0.1, 0.15) is 122 Å². The summed E-state index contributed by atoms with van der Waals surface area (Å²) in [5.74, 6) is -2.80. The Morgan fingerprint density at radius 1 is 0.742 bits per heavy atom. The lowest BCUT2D eigenvalue weighted by atomic mass is 9.95. The molecule has 0 aromatic rings. The summed E-state index contributed by atoms with van der Waals surface area (Å²) < 4.78 is 30.0. The molecule has 0 radical (unpaired) electrons. The van der Waals surface area contributed by atoms with E-state index in [1.165, 1.54) is 70.6 Å². The molecule has 31 heavy (non-hydrogen) atoms. The van der Waals surface area contributed by atoms with E-state index in [2.05, 4.69) is 6.92 Å². The lowest BCUT2D eigenvalue weighted by Crippen LogP contribution is -2.49. The van der Waals surface area contributed by atoms with E-state index in [-0.39, 0.29) is 12.6 Å². The summed E-state index contributed by atoms with van der Waals surface area (Å²) in [4.78, 5) is 22.6. The van der Waals surface area contributed by atoms with Crippen molar-refractivity contribution in [3.05, 3.63) is 0 Å². The predicted molar refractivity (Wildman–Crippen MR) is 125 cm³/mol. The van der Waals surface area contributed by atoms with Gasteiger partial charge in [0, 0.05) is 0 Å². The standard InChI is InChI=1S/C22H43NO6S.H3N/c1-2-3-4-5-6-7-8-9-10-11-12-13-14-15-16-17-18-22(21(25)26,19-20(23)24)30(27,28)29;/h2-19H2,1H3,(H2,23,24)(H,25,26)(H,27,28,29);1H3. The van der Waals surface area contributed by atoms with Gasteiger partial charge in [0.25, 0.3) is 10.1 Å². The van der Waals surface area contributed by atoms with Crippen molar-refractivity contribution in [2.75, 3.05) is 0 Å².